The lowest BCUT2D eigenvalue weighted by Gasteiger charge is -2.04. The van der Waals surface area contributed by atoms with Gasteiger partial charge in [0, 0.05) is 0 Å². The average Bonchev–Trinajstić information content (AvgIpc) is 2.56. The number of hydrogen-bond acceptors (Lipinski definition) is 4. The summed E-state index contributed by atoms with van der Waals surface area (Å²) in [6.45, 7) is 2.67. The number of nitrogen functional groups attached to an aromatic ring is 1. The number of benzene rings is 1. The van der Waals surface area contributed by atoms with Crippen molar-refractivity contribution in [3.8, 4) is 0 Å². The molecule has 0 spiro atoms. The van der Waals surface area contributed by atoms with Crippen LogP contribution in [0.5, 0.6) is 0 Å². The van der Waals surface area contributed by atoms with E-state index >= 15 is 0 Å². The van der Waals surface area contributed by atoms with Gasteiger partial charge in [0.2, 0.25) is 5.95 Å². The summed E-state index contributed by atoms with van der Waals surface area (Å²) in [5.74, 6) is 0.341. The van der Waals surface area contributed by atoms with E-state index in [0.717, 1.165) is 0 Å². The number of nitrogens with two attached hydrogens (primary N) is 1. The number of aromatic nitrogens is 4. The molecule has 2 rings (SSSR count). The number of rotatable bonds is 2. The van der Waals surface area contributed by atoms with Crippen LogP contribution in [0, 0.1) is 6.92 Å². The summed E-state index contributed by atoms with van der Waals surface area (Å²) in [5.41, 5.74) is 7.95. The Morgan fingerprint density at radius 1 is 1.36 bits per heavy atom. The van der Waals surface area contributed by atoms with E-state index in [9.17, 15) is 0 Å². The molecule has 2 aromatic rings. The van der Waals surface area contributed by atoms with E-state index in [1.165, 1.54) is 11.1 Å². The fourth-order valence-electron chi connectivity index (χ4n) is 1.27. The number of aryl methyl sites for hydroxylation is 1. The Morgan fingerprint density at radius 2 is 2.14 bits per heavy atom. The zero-order chi connectivity index (χ0) is 9.97. The second-order valence-electron chi connectivity index (χ2n) is 3.12. The molecule has 0 fully saturated rings. The second-order valence-corrected chi connectivity index (χ2v) is 3.12. The van der Waals surface area contributed by atoms with Gasteiger partial charge in [0.25, 0.3) is 0 Å². The van der Waals surface area contributed by atoms with Gasteiger partial charge in [0.15, 0.2) is 0 Å². The molecule has 1 aromatic carbocycles. The van der Waals surface area contributed by atoms with E-state index < -0.39 is 0 Å². The molecule has 0 atom stereocenters. The van der Waals surface area contributed by atoms with E-state index in [4.69, 9.17) is 5.73 Å². The van der Waals surface area contributed by atoms with E-state index in [2.05, 4.69) is 28.5 Å². The topological polar surface area (TPSA) is 69.6 Å². The van der Waals surface area contributed by atoms with Crippen LogP contribution in [0.2, 0.25) is 0 Å². The van der Waals surface area contributed by atoms with Gasteiger partial charge in [-0.1, -0.05) is 29.4 Å². The van der Waals surface area contributed by atoms with Crippen LogP contribution < -0.4 is 5.73 Å². The van der Waals surface area contributed by atoms with Crippen LogP contribution in [0.3, 0.4) is 0 Å². The first kappa shape index (κ1) is 8.68. The standard InChI is InChI=1S/C9H11N5/c1-7-4-2-3-5-8(7)6-14-9(10)11-12-13-14/h2-5H,6H2,1H3,(H2,10,11,13). The maximum Gasteiger partial charge on any atom is 0.240 e. The SMILES string of the molecule is Cc1ccccc1Cn1nnnc1N. The zero-order valence-corrected chi connectivity index (χ0v) is 7.88. The highest BCUT2D eigenvalue weighted by Crippen LogP contribution is 2.09. The number of nitrogens with zero attached hydrogens (tertiary/aromatic N) is 4. The third-order valence-electron chi connectivity index (χ3n) is 2.14. The Kier molecular flexibility index (Phi) is 2.14. The summed E-state index contributed by atoms with van der Waals surface area (Å²) in [6.07, 6.45) is 0. The first-order valence-electron chi connectivity index (χ1n) is 4.33. The van der Waals surface area contributed by atoms with Gasteiger partial charge in [-0.2, -0.15) is 0 Å². The minimum atomic E-state index is 0.341. The highest BCUT2D eigenvalue weighted by Gasteiger charge is 2.03. The lowest BCUT2D eigenvalue weighted by atomic mass is 10.1. The molecule has 5 nitrogen and oxygen atoms in total. The van der Waals surface area contributed by atoms with Gasteiger partial charge in [-0.25, -0.2) is 4.68 Å². The minimum Gasteiger partial charge on any atom is -0.367 e. The van der Waals surface area contributed by atoms with Gasteiger partial charge >= 0.3 is 0 Å². The molecule has 0 saturated heterocycles. The van der Waals surface area contributed by atoms with Crippen LogP contribution in [0.15, 0.2) is 24.3 Å². The molecular formula is C9H11N5. The van der Waals surface area contributed by atoms with E-state index in [1.807, 2.05) is 18.2 Å². The van der Waals surface area contributed by atoms with E-state index in [0.29, 0.717) is 12.5 Å². The first-order chi connectivity index (χ1) is 6.77. The molecule has 1 heterocycles. The van der Waals surface area contributed by atoms with Crippen molar-refractivity contribution >= 4 is 5.95 Å². The summed E-state index contributed by atoms with van der Waals surface area (Å²) in [5, 5.41) is 10.9. The fourth-order valence-corrected chi connectivity index (χ4v) is 1.27. The monoisotopic (exact) mass is 189 g/mol. The summed E-state index contributed by atoms with van der Waals surface area (Å²) < 4.78 is 1.57. The van der Waals surface area contributed by atoms with Crippen molar-refractivity contribution in [2.24, 2.45) is 0 Å². The predicted octanol–water partition coefficient (Wildman–Crippen LogP) is 0.612. The van der Waals surface area contributed by atoms with Crippen LogP contribution in [-0.4, -0.2) is 20.2 Å². The van der Waals surface area contributed by atoms with Crippen molar-refractivity contribution in [1.29, 1.82) is 0 Å². The molecule has 0 aliphatic carbocycles. The zero-order valence-electron chi connectivity index (χ0n) is 7.88. The van der Waals surface area contributed by atoms with Crippen LogP contribution in [0.1, 0.15) is 11.1 Å². The highest BCUT2D eigenvalue weighted by molar-refractivity contribution is 5.26. The Balaban J connectivity index is 2.28. The van der Waals surface area contributed by atoms with E-state index in [-0.39, 0.29) is 0 Å². The lowest BCUT2D eigenvalue weighted by Crippen LogP contribution is -2.07. The smallest absolute Gasteiger partial charge is 0.240 e. The van der Waals surface area contributed by atoms with Crippen molar-refractivity contribution in [1.82, 2.24) is 20.2 Å². The summed E-state index contributed by atoms with van der Waals surface area (Å²) in [4.78, 5) is 0. The molecule has 0 saturated carbocycles. The van der Waals surface area contributed by atoms with Gasteiger partial charge in [-0.15, -0.1) is 0 Å². The van der Waals surface area contributed by atoms with Gasteiger partial charge in [-0.05, 0) is 28.5 Å². The molecule has 0 aliphatic heterocycles. The molecule has 1 aromatic heterocycles. The van der Waals surface area contributed by atoms with Crippen molar-refractivity contribution in [3.05, 3.63) is 35.4 Å². The van der Waals surface area contributed by atoms with Gasteiger partial charge in [0.1, 0.15) is 0 Å². The normalized spacial score (nSPS) is 10.4. The Labute approximate surface area is 81.5 Å². The predicted molar refractivity (Wildman–Crippen MR) is 52.5 cm³/mol. The maximum atomic E-state index is 5.57. The molecule has 0 radical (unpaired) electrons. The second kappa shape index (κ2) is 3.45. The van der Waals surface area contributed by atoms with Crippen molar-refractivity contribution in [2.75, 3.05) is 5.73 Å². The molecule has 0 bridgehead atoms. The quantitative estimate of drug-likeness (QED) is 0.751. The van der Waals surface area contributed by atoms with Crippen LogP contribution in [0.4, 0.5) is 5.95 Å². The van der Waals surface area contributed by atoms with Gasteiger partial charge in [0.05, 0.1) is 6.54 Å². The first-order valence-corrected chi connectivity index (χ1v) is 4.33. The Bertz CT molecular complexity index is 434. The van der Waals surface area contributed by atoms with Crippen LogP contribution in [0.25, 0.3) is 0 Å². The molecule has 0 aliphatic rings. The largest absolute Gasteiger partial charge is 0.367 e. The molecule has 14 heavy (non-hydrogen) atoms. The molecule has 5 heteroatoms. The van der Waals surface area contributed by atoms with Crippen LogP contribution >= 0.6 is 0 Å². The molecule has 2 N–H and O–H groups in total. The average molecular weight is 189 g/mol. The minimum absolute atomic E-state index is 0.341. The fraction of sp³-hybridized carbons (Fsp3) is 0.222. The lowest BCUT2D eigenvalue weighted by molar-refractivity contribution is 0.653. The number of anilines is 1. The Morgan fingerprint density at radius 3 is 2.79 bits per heavy atom. The summed E-state index contributed by atoms with van der Waals surface area (Å²) >= 11 is 0. The highest BCUT2D eigenvalue weighted by atomic mass is 15.6. The number of hydrogen-bond donors (Lipinski definition) is 1. The summed E-state index contributed by atoms with van der Waals surface area (Å²) in [7, 11) is 0. The Hall–Kier alpha value is -1.91. The van der Waals surface area contributed by atoms with Gasteiger partial charge < -0.3 is 5.73 Å². The molecular weight excluding hydrogens is 178 g/mol. The molecule has 72 valence electrons. The van der Waals surface area contributed by atoms with E-state index in [1.54, 1.807) is 4.68 Å². The maximum absolute atomic E-state index is 5.57. The third-order valence-corrected chi connectivity index (χ3v) is 2.14. The summed E-state index contributed by atoms with van der Waals surface area (Å²) in [6, 6.07) is 8.08. The van der Waals surface area contributed by atoms with Crippen molar-refractivity contribution in [3.63, 3.8) is 0 Å². The van der Waals surface area contributed by atoms with Crippen molar-refractivity contribution in [2.45, 2.75) is 13.5 Å². The van der Waals surface area contributed by atoms with Gasteiger partial charge in [-0.3, -0.25) is 0 Å². The number of tetrazole rings is 1. The molecule has 0 amide bonds. The third kappa shape index (κ3) is 1.56. The molecule has 0 unspecified atom stereocenters. The van der Waals surface area contributed by atoms with Crippen LogP contribution in [-0.2, 0) is 6.54 Å². The van der Waals surface area contributed by atoms with Crippen molar-refractivity contribution < 1.29 is 0 Å².